The second-order valence-corrected chi connectivity index (χ2v) is 6.74. The smallest absolute Gasteiger partial charge is 0.239 e. The molecule has 0 fully saturated rings. The van der Waals surface area contributed by atoms with Crippen LogP contribution in [-0.2, 0) is 16.1 Å². The van der Waals surface area contributed by atoms with Crippen molar-refractivity contribution < 1.29 is 9.59 Å². The summed E-state index contributed by atoms with van der Waals surface area (Å²) in [4.78, 5) is 28.4. The molecule has 7 nitrogen and oxygen atoms in total. The van der Waals surface area contributed by atoms with Crippen LogP contribution in [0.1, 0.15) is 39.6 Å². The molecule has 136 valence electrons. The summed E-state index contributed by atoms with van der Waals surface area (Å²) in [7, 11) is 0. The molecule has 0 aliphatic carbocycles. The van der Waals surface area contributed by atoms with Crippen LogP contribution in [0.4, 0.5) is 0 Å². The number of imidazole rings is 1. The zero-order valence-electron chi connectivity index (χ0n) is 15.2. The Morgan fingerprint density at radius 3 is 2.48 bits per heavy atom. The molecule has 7 heteroatoms. The van der Waals surface area contributed by atoms with Gasteiger partial charge < -0.3 is 20.9 Å². The first kappa shape index (κ1) is 18.9. The quantitative estimate of drug-likeness (QED) is 0.704. The maximum Gasteiger partial charge on any atom is 0.239 e. The molecule has 1 aromatic heterocycles. The molecule has 0 aliphatic heterocycles. The number of benzene rings is 1. The molecule has 2 rings (SSSR count). The van der Waals surface area contributed by atoms with E-state index in [1.165, 1.54) is 0 Å². The number of hydrogen-bond acceptors (Lipinski definition) is 4. The number of fused-ring (bicyclic) bond motifs is 1. The SMILES string of the molecule is CC(C)[C@H](N)C(=O)NCC(=O)NCc1nc2ccccc2n1C(C)C. The fourth-order valence-electron chi connectivity index (χ4n) is 2.62. The number of hydrogen-bond donors (Lipinski definition) is 3. The van der Waals surface area contributed by atoms with Crippen LogP contribution >= 0.6 is 0 Å². The fourth-order valence-corrected chi connectivity index (χ4v) is 2.62. The minimum atomic E-state index is -0.613. The summed E-state index contributed by atoms with van der Waals surface area (Å²) in [6.45, 7) is 8.08. The maximum atomic E-state index is 12.0. The van der Waals surface area contributed by atoms with Crippen molar-refractivity contribution in [3.05, 3.63) is 30.1 Å². The first-order valence-electron chi connectivity index (χ1n) is 8.57. The van der Waals surface area contributed by atoms with Crippen molar-refractivity contribution in [2.24, 2.45) is 11.7 Å². The Kier molecular flexibility index (Phi) is 6.14. The Morgan fingerprint density at radius 1 is 1.16 bits per heavy atom. The highest BCUT2D eigenvalue weighted by molar-refractivity contribution is 5.87. The molecule has 25 heavy (non-hydrogen) atoms. The molecule has 0 spiro atoms. The van der Waals surface area contributed by atoms with Gasteiger partial charge in [0.1, 0.15) is 5.82 Å². The van der Waals surface area contributed by atoms with Crippen molar-refractivity contribution in [3.8, 4) is 0 Å². The van der Waals surface area contributed by atoms with E-state index in [-0.39, 0.29) is 30.3 Å². The molecule has 1 aromatic carbocycles. The van der Waals surface area contributed by atoms with Gasteiger partial charge in [-0.05, 0) is 31.9 Å². The lowest BCUT2D eigenvalue weighted by atomic mass is 10.1. The summed E-state index contributed by atoms with van der Waals surface area (Å²) >= 11 is 0. The Hall–Kier alpha value is -2.41. The van der Waals surface area contributed by atoms with Gasteiger partial charge in [0, 0.05) is 6.04 Å². The van der Waals surface area contributed by atoms with Crippen molar-refractivity contribution in [1.29, 1.82) is 0 Å². The van der Waals surface area contributed by atoms with Gasteiger partial charge in [0.25, 0.3) is 0 Å². The molecule has 0 saturated heterocycles. The Balaban J connectivity index is 1.97. The van der Waals surface area contributed by atoms with E-state index >= 15 is 0 Å². The van der Waals surface area contributed by atoms with E-state index in [1.807, 2.05) is 38.1 Å². The third kappa shape index (κ3) is 4.57. The van der Waals surface area contributed by atoms with E-state index in [0.29, 0.717) is 6.54 Å². The van der Waals surface area contributed by atoms with Crippen LogP contribution in [-0.4, -0.2) is 34.0 Å². The van der Waals surface area contributed by atoms with Gasteiger partial charge in [0.05, 0.1) is 30.2 Å². The van der Waals surface area contributed by atoms with Gasteiger partial charge >= 0.3 is 0 Å². The zero-order chi connectivity index (χ0) is 18.6. The number of para-hydroxylation sites is 2. The van der Waals surface area contributed by atoms with Gasteiger partial charge in [-0.3, -0.25) is 9.59 Å². The highest BCUT2D eigenvalue weighted by Crippen LogP contribution is 2.20. The summed E-state index contributed by atoms with van der Waals surface area (Å²) in [5.74, 6) is 0.218. The number of nitrogens with zero attached hydrogens (tertiary/aromatic N) is 2. The molecular formula is C18H27N5O2. The van der Waals surface area contributed by atoms with Crippen molar-refractivity contribution in [1.82, 2.24) is 20.2 Å². The number of nitrogens with two attached hydrogens (primary N) is 1. The van der Waals surface area contributed by atoms with E-state index in [1.54, 1.807) is 0 Å². The van der Waals surface area contributed by atoms with E-state index in [0.717, 1.165) is 16.9 Å². The Labute approximate surface area is 148 Å². The van der Waals surface area contributed by atoms with Crippen LogP contribution in [0.25, 0.3) is 11.0 Å². The van der Waals surface area contributed by atoms with E-state index in [2.05, 4.69) is 34.0 Å². The molecule has 1 heterocycles. The van der Waals surface area contributed by atoms with Gasteiger partial charge in [0.2, 0.25) is 11.8 Å². The predicted molar refractivity (Wildman–Crippen MR) is 97.8 cm³/mol. The van der Waals surface area contributed by atoms with Crippen molar-refractivity contribution in [2.45, 2.75) is 46.3 Å². The van der Waals surface area contributed by atoms with Gasteiger partial charge in [-0.2, -0.15) is 0 Å². The van der Waals surface area contributed by atoms with E-state index in [4.69, 9.17) is 5.73 Å². The topological polar surface area (TPSA) is 102 Å². The molecule has 1 atom stereocenters. The molecule has 0 bridgehead atoms. The number of carbonyl (C=O) groups is 2. The minimum absolute atomic E-state index is 0.0222. The third-order valence-electron chi connectivity index (χ3n) is 4.07. The number of rotatable bonds is 7. The van der Waals surface area contributed by atoms with Gasteiger partial charge in [0.15, 0.2) is 0 Å². The number of amides is 2. The van der Waals surface area contributed by atoms with Crippen LogP contribution in [0, 0.1) is 5.92 Å². The van der Waals surface area contributed by atoms with Crippen LogP contribution in [0.2, 0.25) is 0 Å². The van der Waals surface area contributed by atoms with E-state index in [9.17, 15) is 9.59 Å². The van der Waals surface area contributed by atoms with Gasteiger partial charge in [-0.15, -0.1) is 0 Å². The number of nitrogens with one attached hydrogen (secondary N) is 2. The van der Waals surface area contributed by atoms with Crippen LogP contribution in [0.5, 0.6) is 0 Å². The van der Waals surface area contributed by atoms with Crippen molar-refractivity contribution in [3.63, 3.8) is 0 Å². The van der Waals surface area contributed by atoms with Crippen molar-refractivity contribution in [2.75, 3.05) is 6.54 Å². The second-order valence-electron chi connectivity index (χ2n) is 6.74. The van der Waals surface area contributed by atoms with Crippen molar-refractivity contribution >= 4 is 22.8 Å². The molecule has 2 aromatic rings. The molecule has 4 N–H and O–H groups in total. The maximum absolute atomic E-state index is 12.0. The highest BCUT2D eigenvalue weighted by Gasteiger charge is 2.18. The first-order valence-corrected chi connectivity index (χ1v) is 8.57. The van der Waals surface area contributed by atoms with Crippen LogP contribution in [0.15, 0.2) is 24.3 Å². The average Bonchev–Trinajstić information content (AvgIpc) is 2.95. The second kappa shape index (κ2) is 8.11. The summed E-state index contributed by atoms with van der Waals surface area (Å²) in [5, 5.41) is 5.36. The third-order valence-corrected chi connectivity index (χ3v) is 4.07. The molecular weight excluding hydrogens is 318 g/mol. The summed E-state index contributed by atoms with van der Waals surface area (Å²) < 4.78 is 2.10. The highest BCUT2D eigenvalue weighted by atomic mass is 16.2. The molecule has 2 amide bonds. The first-order chi connectivity index (χ1) is 11.8. The van der Waals surface area contributed by atoms with E-state index < -0.39 is 6.04 Å². The molecule has 0 saturated carbocycles. The largest absolute Gasteiger partial charge is 0.347 e. The lowest BCUT2D eigenvalue weighted by Gasteiger charge is -2.16. The van der Waals surface area contributed by atoms with Gasteiger partial charge in [-0.25, -0.2) is 4.98 Å². The fraction of sp³-hybridized carbons (Fsp3) is 0.500. The molecule has 0 radical (unpaired) electrons. The standard InChI is InChI=1S/C18H27N5O2/c1-11(2)17(19)18(25)21-10-16(24)20-9-15-22-13-7-5-6-8-14(13)23(15)12(3)4/h5-8,11-12,17H,9-10,19H2,1-4H3,(H,20,24)(H,21,25)/t17-/m0/s1. The minimum Gasteiger partial charge on any atom is -0.347 e. The Bertz CT molecular complexity index is 751. The normalized spacial score (nSPS) is 12.6. The summed E-state index contributed by atoms with van der Waals surface area (Å²) in [6, 6.07) is 7.49. The van der Waals surface area contributed by atoms with Gasteiger partial charge in [-0.1, -0.05) is 26.0 Å². The Morgan fingerprint density at radius 2 is 1.84 bits per heavy atom. The lowest BCUT2D eigenvalue weighted by molar-refractivity contribution is -0.127. The monoisotopic (exact) mass is 345 g/mol. The average molecular weight is 345 g/mol. The van der Waals surface area contributed by atoms with Crippen LogP contribution in [0.3, 0.4) is 0 Å². The molecule has 0 aliphatic rings. The molecule has 0 unspecified atom stereocenters. The number of aromatic nitrogens is 2. The summed E-state index contributed by atoms with van der Waals surface area (Å²) in [6.07, 6.45) is 0. The van der Waals surface area contributed by atoms with Crippen LogP contribution < -0.4 is 16.4 Å². The number of carbonyl (C=O) groups excluding carboxylic acids is 2. The zero-order valence-corrected chi connectivity index (χ0v) is 15.2. The summed E-state index contributed by atoms with van der Waals surface area (Å²) in [5.41, 5.74) is 7.69. The predicted octanol–water partition coefficient (Wildman–Crippen LogP) is 1.33. The lowest BCUT2D eigenvalue weighted by Crippen LogP contribution is -2.47.